The molecule has 1 N–H and O–H groups in total. The molecule has 0 radical (unpaired) electrons. The van der Waals surface area contributed by atoms with Gasteiger partial charge >= 0.3 is 0 Å². The van der Waals surface area contributed by atoms with E-state index >= 15 is 0 Å². The molecule has 0 bridgehead atoms. The molecule has 0 saturated carbocycles. The summed E-state index contributed by atoms with van der Waals surface area (Å²) in [5.41, 5.74) is 0.576. The first-order chi connectivity index (χ1) is 10.7. The Kier molecular flexibility index (Phi) is 6.13. The van der Waals surface area contributed by atoms with Crippen molar-refractivity contribution >= 4 is 0 Å². The molecule has 5 heteroatoms. The summed E-state index contributed by atoms with van der Waals surface area (Å²) in [7, 11) is 0. The van der Waals surface area contributed by atoms with Crippen LogP contribution in [0.15, 0.2) is 30.9 Å². The quantitative estimate of drug-likeness (QED) is 0.750. The molecule has 1 aromatic carbocycles. The third-order valence-corrected chi connectivity index (χ3v) is 3.40. The lowest BCUT2D eigenvalue weighted by atomic mass is 10.1. The van der Waals surface area contributed by atoms with Gasteiger partial charge in [0.2, 0.25) is 0 Å². The SMILES string of the molecule is CC(C)CCCCCOc1ccc(-c2ncncn2)c(O)c1. The summed E-state index contributed by atoms with van der Waals surface area (Å²) < 4.78 is 5.67. The standard InChI is InChI=1S/C17H23N3O2/c1-13(2)6-4-3-5-9-22-14-7-8-15(16(21)10-14)17-19-11-18-12-20-17/h7-8,10-13,21H,3-6,9H2,1-2H3. The van der Waals surface area contributed by atoms with Crippen LogP contribution in [0, 0.1) is 5.92 Å². The van der Waals surface area contributed by atoms with Gasteiger partial charge in [-0.2, -0.15) is 0 Å². The van der Waals surface area contributed by atoms with E-state index in [2.05, 4.69) is 28.8 Å². The lowest BCUT2D eigenvalue weighted by Crippen LogP contribution is -1.98. The maximum atomic E-state index is 10.1. The fourth-order valence-electron chi connectivity index (χ4n) is 2.19. The van der Waals surface area contributed by atoms with E-state index in [1.807, 2.05) is 6.07 Å². The molecule has 0 saturated heterocycles. The Bertz CT molecular complexity index is 573. The highest BCUT2D eigenvalue weighted by atomic mass is 16.5. The number of aromatic hydroxyl groups is 1. The molecule has 118 valence electrons. The summed E-state index contributed by atoms with van der Waals surface area (Å²) in [6.07, 6.45) is 7.52. The highest BCUT2D eigenvalue weighted by molar-refractivity contribution is 5.64. The van der Waals surface area contributed by atoms with Gasteiger partial charge in [-0.05, 0) is 24.5 Å². The Labute approximate surface area is 131 Å². The van der Waals surface area contributed by atoms with Gasteiger partial charge in [-0.3, -0.25) is 0 Å². The van der Waals surface area contributed by atoms with Crippen molar-refractivity contribution < 1.29 is 9.84 Å². The summed E-state index contributed by atoms with van der Waals surface area (Å²) in [5.74, 6) is 2.00. The first-order valence-corrected chi connectivity index (χ1v) is 7.75. The lowest BCUT2D eigenvalue weighted by molar-refractivity contribution is 0.301. The molecule has 22 heavy (non-hydrogen) atoms. The average molecular weight is 301 g/mol. The van der Waals surface area contributed by atoms with E-state index in [0.717, 1.165) is 12.3 Å². The summed E-state index contributed by atoms with van der Waals surface area (Å²) in [6, 6.07) is 5.19. The van der Waals surface area contributed by atoms with Crippen LogP contribution >= 0.6 is 0 Å². The number of hydrogen-bond donors (Lipinski definition) is 1. The summed E-state index contributed by atoms with van der Waals surface area (Å²) in [6.45, 7) is 5.16. The van der Waals surface area contributed by atoms with Crippen molar-refractivity contribution in [2.45, 2.75) is 39.5 Å². The Balaban J connectivity index is 1.83. The van der Waals surface area contributed by atoms with Crippen LogP contribution in [-0.4, -0.2) is 26.7 Å². The van der Waals surface area contributed by atoms with Crippen molar-refractivity contribution in [3.63, 3.8) is 0 Å². The number of phenolic OH excluding ortho intramolecular Hbond substituents is 1. The van der Waals surface area contributed by atoms with Crippen molar-refractivity contribution in [1.82, 2.24) is 15.0 Å². The number of aromatic nitrogens is 3. The first kappa shape index (κ1) is 16.2. The molecule has 2 rings (SSSR count). The van der Waals surface area contributed by atoms with Crippen LogP contribution in [0.1, 0.15) is 39.5 Å². The van der Waals surface area contributed by atoms with Gasteiger partial charge in [-0.25, -0.2) is 15.0 Å². The normalized spacial score (nSPS) is 10.9. The fourth-order valence-corrected chi connectivity index (χ4v) is 2.19. The smallest absolute Gasteiger partial charge is 0.166 e. The number of phenols is 1. The topological polar surface area (TPSA) is 68.1 Å². The van der Waals surface area contributed by atoms with Gasteiger partial charge in [0.1, 0.15) is 24.2 Å². The zero-order chi connectivity index (χ0) is 15.8. The number of ether oxygens (including phenoxy) is 1. The average Bonchev–Trinajstić information content (AvgIpc) is 2.51. The summed E-state index contributed by atoms with van der Waals surface area (Å²) >= 11 is 0. The predicted molar refractivity (Wildman–Crippen MR) is 85.7 cm³/mol. The molecule has 1 aromatic heterocycles. The van der Waals surface area contributed by atoms with Crippen LogP contribution in [0.3, 0.4) is 0 Å². The van der Waals surface area contributed by atoms with Crippen molar-refractivity contribution in [3.05, 3.63) is 30.9 Å². The number of hydrogen-bond acceptors (Lipinski definition) is 5. The van der Waals surface area contributed by atoms with Crippen molar-refractivity contribution in [2.75, 3.05) is 6.61 Å². The fraction of sp³-hybridized carbons (Fsp3) is 0.471. The van der Waals surface area contributed by atoms with Gasteiger partial charge in [0, 0.05) is 6.07 Å². The molecule has 0 spiro atoms. The van der Waals surface area contributed by atoms with E-state index in [1.165, 1.54) is 31.9 Å². The van der Waals surface area contributed by atoms with Crippen molar-refractivity contribution in [3.8, 4) is 22.9 Å². The Morgan fingerprint density at radius 3 is 2.55 bits per heavy atom. The van der Waals surface area contributed by atoms with Crippen LogP contribution in [-0.2, 0) is 0 Å². The highest BCUT2D eigenvalue weighted by Crippen LogP contribution is 2.30. The van der Waals surface area contributed by atoms with Crippen molar-refractivity contribution in [1.29, 1.82) is 0 Å². The maximum Gasteiger partial charge on any atom is 0.166 e. The van der Waals surface area contributed by atoms with E-state index in [-0.39, 0.29) is 5.75 Å². The Hall–Kier alpha value is -2.17. The summed E-state index contributed by atoms with van der Waals surface area (Å²) in [4.78, 5) is 11.8. The van der Waals surface area contributed by atoms with E-state index in [1.54, 1.807) is 12.1 Å². The van der Waals surface area contributed by atoms with Crippen LogP contribution in [0.4, 0.5) is 0 Å². The molecular formula is C17H23N3O2. The third-order valence-electron chi connectivity index (χ3n) is 3.40. The zero-order valence-electron chi connectivity index (χ0n) is 13.2. The van der Waals surface area contributed by atoms with Crippen LogP contribution in [0.25, 0.3) is 11.4 Å². The molecule has 0 unspecified atom stereocenters. The molecule has 0 aliphatic rings. The molecule has 0 atom stereocenters. The molecule has 0 aliphatic carbocycles. The largest absolute Gasteiger partial charge is 0.507 e. The first-order valence-electron chi connectivity index (χ1n) is 7.75. The van der Waals surface area contributed by atoms with Crippen LogP contribution < -0.4 is 4.74 Å². The van der Waals surface area contributed by atoms with E-state index in [9.17, 15) is 5.11 Å². The van der Waals surface area contributed by atoms with E-state index < -0.39 is 0 Å². The number of benzene rings is 1. The van der Waals surface area contributed by atoms with Gasteiger partial charge in [0.05, 0.1) is 12.2 Å². The molecule has 1 heterocycles. The van der Waals surface area contributed by atoms with E-state index in [4.69, 9.17) is 4.74 Å². The number of unbranched alkanes of at least 4 members (excludes halogenated alkanes) is 2. The number of rotatable bonds is 8. The maximum absolute atomic E-state index is 10.1. The van der Waals surface area contributed by atoms with E-state index in [0.29, 0.717) is 23.7 Å². The second-order valence-corrected chi connectivity index (χ2v) is 5.73. The molecule has 0 aliphatic heterocycles. The molecular weight excluding hydrogens is 278 g/mol. The van der Waals surface area contributed by atoms with Gasteiger partial charge in [-0.15, -0.1) is 0 Å². The molecule has 2 aromatic rings. The Morgan fingerprint density at radius 2 is 1.86 bits per heavy atom. The minimum atomic E-state index is 0.114. The molecule has 0 amide bonds. The van der Waals surface area contributed by atoms with Crippen LogP contribution in [0.5, 0.6) is 11.5 Å². The van der Waals surface area contributed by atoms with Gasteiger partial charge in [-0.1, -0.05) is 33.1 Å². The summed E-state index contributed by atoms with van der Waals surface area (Å²) in [5, 5.41) is 10.1. The van der Waals surface area contributed by atoms with Crippen molar-refractivity contribution in [2.24, 2.45) is 5.92 Å². The van der Waals surface area contributed by atoms with Gasteiger partial charge in [0.15, 0.2) is 5.82 Å². The third kappa shape index (κ3) is 4.98. The highest BCUT2D eigenvalue weighted by Gasteiger charge is 2.08. The second-order valence-electron chi connectivity index (χ2n) is 5.73. The zero-order valence-corrected chi connectivity index (χ0v) is 13.2. The van der Waals surface area contributed by atoms with Crippen LogP contribution in [0.2, 0.25) is 0 Å². The van der Waals surface area contributed by atoms with Gasteiger partial charge in [0.25, 0.3) is 0 Å². The van der Waals surface area contributed by atoms with Gasteiger partial charge < -0.3 is 9.84 Å². The molecule has 5 nitrogen and oxygen atoms in total. The minimum absolute atomic E-state index is 0.114. The monoisotopic (exact) mass is 301 g/mol. The molecule has 0 fully saturated rings. The second kappa shape index (κ2) is 8.32. The predicted octanol–water partition coefficient (Wildman–Crippen LogP) is 3.84. The Morgan fingerprint density at radius 1 is 1.09 bits per heavy atom. The number of nitrogens with zero attached hydrogens (tertiary/aromatic N) is 3. The lowest BCUT2D eigenvalue weighted by Gasteiger charge is -2.09. The minimum Gasteiger partial charge on any atom is -0.507 e.